The van der Waals surface area contributed by atoms with Crippen LogP contribution in [-0.2, 0) is 27.1 Å². The molecule has 5 heteroatoms. The molecule has 10 aromatic rings. The van der Waals surface area contributed by atoms with Gasteiger partial charge in [0.1, 0.15) is 0 Å². The van der Waals surface area contributed by atoms with Gasteiger partial charge in [-0.3, -0.25) is 0 Å². The minimum absolute atomic E-state index is 0.00751. The molecule has 0 spiro atoms. The van der Waals surface area contributed by atoms with Crippen molar-refractivity contribution < 1.29 is 0 Å². The van der Waals surface area contributed by atoms with Gasteiger partial charge in [-0.1, -0.05) is 225 Å². The summed E-state index contributed by atoms with van der Waals surface area (Å²) in [6.45, 7) is 34.5. The number of rotatable bonds is 7. The Morgan fingerprint density at radius 1 is 0.358 bits per heavy atom. The van der Waals surface area contributed by atoms with Gasteiger partial charge in [-0.05, 0) is 167 Å². The number of benzene rings is 9. The highest BCUT2D eigenvalue weighted by Gasteiger charge is 2.45. The molecule has 0 fully saturated rings. The predicted octanol–water partition coefficient (Wildman–Crippen LogP) is 20.3. The van der Waals surface area contributed by atoms with Gasteiger partial charge in [0.25, 0.3) is 6.71 Å². The fraction of sp³-hybridized carbons (Fsp3) is 0.263. The van der Waals surface area contributed by atoms with Crippen LogP contribution in [0.5, 0.6) is 0 Å². The zero-order valence-corrected chi connectivity index (χ0v) is 51.2. The van der Waals surface area contributed by atoms with Crippen LogP contribution in [0, 0.1) is 0 Å². The van der Waals surface area contributed by atoms with Gasteiger partial charge in [0.05, 0.1) is 5.69 Å². The van der Waals surface area contributed by atoms with Crippen LogP contribution in [-0.4, -0.2) is 6.71 Å². The highest BCUT2D eigenvalue weighted by Crippen LogP contribution is 2.50. The third kappa shape index (κ3) is 9.80. The van der Waals surface area contributed by atoms with Crippen LogP contribution >= 0.6 is 11.3 Å². The second kappa shape index (κ2) is 19.6. The van der Waals surface area contributed by atoms with E-state index in [1.165, 1.54) is 98.6 Å². The fourth-order valence-electron chi connectivity index (χ4n) is 12.3. The van der Waals surface area contributed by atoms with Gasteiger partial charge >= 0.3 is 0 Å². The van der Waals surface area contributed by atoms with Crippen LogP contribution in [0.25, 0.3) is 32.3 Å². The average Bonchev–Trinajstić information content (AvgIpc) is 2.24. The molecule has 0 unspecified atom stereocenters. The van der Waals surface area contributed by atoms with Crippen LogP contribution in [0.4, 0.5) is 51.2 Å². The topological polar surface area (TPSA) is 9.72 Å². The molecule has 2 aliphatic heterocycles. The highest BCUT2D eigenvalue weighted by molar-refractivity contribution is 7.33. The maximum Gasteiger partial charge on any atom is 0.264 e. The second-order valence-electron chi connectivity index (χ2n) is 28.0. The average molecular weight is 1080 g/mol. The monoisotopic (exact) mass is 1080 g/mol. The van der Waals surface area contributed by atoms with E-state index in [4.69, 9.17) is 0 Å². The number of thiophene rings is 1. The molecule has 0 atom stereocenters. The first-order valence-electron chi connectivity index (χ1n) is 29.2. The van der Waals surface area contributed by atoms with E-state index in [1.54, 1.807) is 0 Å². The Labute approximate surface area is 488 Å². The predicted molar refractivity (Wildman–Crippen MR) is 355 cm³/mol. The Balaban J connectivity index is 1.11. The minimum Gasteiger partial charge on any atom is -0.311 e. The summed E-state index contributed by atoms with van der Waals surface area (Å²) in [6.07, 6.45) is 0. The summed E-state index contributed by atoms with van der Waals surface area (Å²) in [5, 5.41) is 1.27. The molecule has 1 aromatic heterocycles. The molecule has 0 amide bonds. The maximum absolute atomic E-state index is 2.59. The molecule has 0 aliphatic carbocycles. The first-order chi connectivity index (χ1) is 38.3. The molecule has 9 aromatic carbocycles. The molecular weight excluding hydrogens is 998 g/mol. The molecule has 12 rings (SSSR count). The molecule has 0 bridgehead atoms. The van der Waals surface area contributed by atoms with Gasteiger partial charge in [0.15, 0.2) is 0 Å². The number of hydrogen-bond acceptors (Lipinski definition) is 4. The van der Waals surface area contributed by atoms with Gasteiger partial charge in [-0.2, -0.15) is 0 Å². The first-order valence-corrected chi connectivity index (χ1v) is 30.0. The van der Waals surface area contributed by atoms with E-state index in [0.29, 0.717) is 0 Å². The highest BCUT2D eigenvalue weighted by atomic mass is 32.1. The van der Waals surface area contributed by atoms with Crippen molar-refractivity contribution in [3.8, 4) is 22.3 Å². The van der Waals surface area contributed by atoms with Crippen molar-refractivity contribution in [2.45, 2.75) is 131 Å². The summed E-state index contributed by atoms with van der Waals surface area (Å²) in [5.41, 5.74) is 24.8. The van der Waals surface area contributed by atoms with Gasteiger partial charge in [0.2, 0.25) is 0 Å². The fourth-order valence-corrected chi connectivity index (χ4v) is 13.6. The van der Waals surface area contributed by atoms with Crippen molar-refractivity contribution in [1.29, 1.82) is 0 Å². The van der Waals surface area contributed by atoms with Crippen molar-refractivity contribution >= 4 is 95.0 Å². The van der Waals surface area contributed by atoms with Gasteiger partial charge in [0, 0.05) is 60.4 Å². The molecule has 3 nitrogen and oxygen atoms in total. The zero-order valence-electron chi connectivity index (χ0n) is 50.4. The van der Waals surface area contributed by atoms with Crippen LogP contribution in [0.3, 0.4) is 0 Å². The standard InChI is InChI=1S/C76H78BN3S/c1-72(2,3)51-25-34-56(35-26-51)78(57-36-27-52(28-37-57)73(4,5)6)60-42-45-64-67(48-60)79(58-38-29-53(30-39-58)74(7,8)9)65-22-19-23-66-69(65)77(64)71-70(80(66)59-40-31-54(32-41-59)75(10,11)12)62-43-24-50(46-68(62)81-71)61-44-33-55(76(13,14)15)47-63(61)49-20-17-16-18-21-49/h16-48H,1-15H3. The van der Waals surface area contributed by atoms with E-state index < -0.39 is 0 Å². The Bertz CT molecular complexity index is 3930. The van der Waals surface area contributed by atoms with Gasteiger partial charge in [-0.15, -0.1) is 11.3 Å². The van der Waals surface area contributed by atoms with E-state index in [2.05, 4.69) is 319 Å². The summed E-state index contributed by atoms with van der Waals surface area (Å²) < 4.78 is 2.64. The molecule has 0 saturated heterocycles. The Kier molecular flexibility index (Phi) is 13.0. The van der Waals surface area contributed by atoms with Crippen molar-refractivity contribution in [2.75, 3.05) is 14.7 Å². The summed E-state index contributed by atoms with van der Waals surface area (Å²) in [7, 11) is 0. The Hall–Kier alpha value is -7.60. The van der Waals surface area contributed by atoms with Gasteiger partial charge in [-0.25, -0.2) is 0 Å². The molecule has 0 saturated carbocycles. The third-order valence-electron chi connectivity index (χ3n) is 17.1. The van der Waals surface area contributed by atoms with E-state index in [1.807, 2.05) is 11.3 Å². The lowest BCUT2D eigenvalue weighted by atomic mass is 9.36. The minimum atomic E-state index is -0.0390. The number of hydrogen-bond donors (Lipinski definition) is 0. The van der Waals surface area contributed by atoms with Crippen molar-refractivity contribution in [1.82, 2.24) is 0 Å². The van der Waals surface area contributed by atoms with Crippen molar-refractivity contribution in [3.63, 3.8) is 0 Å². The van der Waals surface area contributed by atoms with Crippen LogP contribution in [0.15, 0.2) is 200 Å². The first kappa shape index (κ1) is 54.0. The number of nitrogens with zero attached hydrogens (tertiary/aromatic N) is 3. The summed E-state index contributed by atoms with van der Waals surface area (Å²) in [6, 6.07) is 77.0. The van der Waals surface area contributed by atoms with Crippen LogP contribution < -0.4 is 30.4 Å². The third-order valence-corrected chi connectivity index (χ3v) is 18.3. The zero-order chi connectivity index (χ0) is 57.1. The Morgan fingerprint density at radius 2 is 0.827 bits per heavy atom. The summed E-state index contributed by atoms with van der Waals surface area (Å²) >= 11 is 1.97. The smallest absolute Gasteiger partial charge is 0.264 e. The van der Waals surface area contributed by atoms with E-state index in [0.717, 1.165) is 28.4 Å². The second-order valence-corrected chi connectivity index (χ2v) is 29.1. The molecule has 0 radical (unpaired) electrons. The largest absolute Gasteiger partial charge is 0.311 e. The lowest BCUT2D eigenvalue weighted by molar-refractivity contribution is 0.590. The van der Waals surface area contributed by atoms with Crippen molar-refractivity contribution in [3.05, 3.63) is 228 Å². The normalized spacial score (nSPS) is 13.5. The summed E-state index contributed by atoms with van der Waals surface area (Å²) in [4.78, 5) is 7.61. The molecule has 0 N–H and O–H groups in total. The van der Waals surface area contributed by atoms with E-state index in [-0.39, 0.29) is 33.8 Å². The molecule has 2 aliphatic rings. The molecule has 81 heavy (non-hydrogen) atoms. The van der Waals surface area contributed by atoms with Gasteiger partial charge < -0.3 is 14.7 Å². The SMILES string of the molecule is CC(C)(C)c1ccc(N(c2ccc(C(C)(C)C)cc2)c2ccc3c(c2)N(c2ccc(C(C)(C)C)cc2)c2cccc4c2B3c2sc3cc(-c5ccc(C(C)(C)C)cc5-c5ccccc5)ccc3c2N4c2ccc(C(C)(C)C)cc2)cc1. The maximum atomic E-state index is 2.59. The quantitative estimate of drug-likeness (QED) is 0.147. The number of anilines is 9. The Morgan fingerprint density at radius 3 is 1.35 bits per heavy atom. The molecule has 3 heterocycles. The molecule has 406 valence electrons. The summed E-state index contributed by atoms with van der Waals surface area (Å²) in [5.74, 6) is 0. The van der Waals surface area contributed by atoms with E-state index in [9.17, 15) is 0 Å². The van der Waals surface area contributed by atoms with Crippen molar-refractivity contribution in [2.24, 2.45) is 0 Å². The van der Waals surface area contributed by atoms with E-state index >= 15 is 0 Å². The lowest BCUT2D eigenvalue weighted by Crippen LogP contribution is -2.60. The lowest BCUT2D eigenvalue weighted by Gasteiger charge is -2.43. The molecular formula is C76H78BN3S. The number of fused-ring (bicyclic) bond motifs is 6. The van der Waals surface area contributed by atoms with Crippen LogP contribution in [0.2, 0.25) is 0 Å². The van der Waals surface area contributed by atoms with Crippen LogP contribution in [0.1, 0.15) is 132 Å².